The zero-order valence-electron chi connectivity index (χ0n) is 3.22. The molecule has 0 aromatic heterocycles. The molecule has 1 aliphatic heterocycles. The summed E-state index contributed by atoms with van der Waals surface area (Å²) in [7, 11) is 0. The third kappa shape index (κ3) is 1.92. The molecular weight excluding hydrogens is 88.9 g/mol. The lowest BCUT2D eigenvalue weighted by atomic mass is 10.6. The first-order valence-corrected chi connectivity index (χ1v) is 1.73. The summed E-state index contributed by atoms with van der Waals surface area (Å²) in [6, 6.07) is 0. The van der Waals surface area contributed by atoms with E-state index in [1.807, 2.05) is 6.08 Å². The number of allylic oxidation sites excluding steroid dienone is 2. The van der Waals surface area contributed by atoms with Crippen LogP contribution in [0, 0.1) is 0 Å². The van der Waals surface area contributed by atoms with Crippen LogP contribution in [0.15, 0.2) is 24.6 Å². The second kappa shape index (κ2) is 3.34. The largest absolute Gasteiger partial charge is 0.391 e. The van der Waals surface area contributed by atoms with Crippen LogP contribution in [-0.2, 0) is 4.84 Å². The van der Waals surface area contributed by atoms with Gasteiger partial charge >= 0.3 is 0 Å². The van der Waals surface area contributed by atoms with E-state index in [1.165, 1.54) is 0 Å². The minimum Gasteiger partial charge on any atom is -0.391 e. The van der Waals surface area contributed by atoms with Crippen LogP contribution in [0.3, 0.4) is 0 Å². The molecule has 2 nitrogen and oxygen atoms in total. The van der Waals surface area contributed by atoms with Crippen LogP contribution in [0.2, 0.25) is 0 Å². The Kier molecular flexibility index (Phi) is 2.93. The highest BCUT2D eigenvalue weighted by molar-refractivity contribution is 5.75. The molecule has 0 radical (unpaired) electrons. The van der Waals surface area contributed by atoms with Crippen LogP contribution < -0.4 is 5.48 Å². The van der Waals surface area contributed by atoms with Gasteiger partial charge in [-0.2, -0.15) is 0 Å². The van der Waals surface area contributed by atoms with E-state index in [0.29, 0.717) is 0 Å². The van der Waals surface area contributed by atoms with Gasteiger partial charge in [-0.25, -0.2) is 5.48 Å². The highest BCUT2D eigenvalue weighted by Crippen LogP contribution is 1.80. The van der Waals surface area contributed by atoms with E-state index in [2.05, 4.69) is 10.3 Å². The summed E-state index contributed by atoms with van der Waals surface area (Å²) in [5.41, 5.74) is 2.52. The predicted octanol–water partition coefficient (Wildman–Crippen LogP) is -0.635. The lowest BCUT2D eigenvalue weighted by molar-refractivity contribution is 0.172. The second-order valence-electron chi connectivity index (χ2n) is 0.923. The van der Waals surface area contributed by atoms with E-state index in [1.54, 1.807) is 18.5 Å². The number of hydroxylamine groups is 1. The van der Waals surface area contributed by atoms with Crippen molar-refractivity contribution >= 4 is 8.41 Å². The summed E-state index contributed by atoms with van der Waals surface area (Å²) in [5.74, 6) is 0. The van der Waals surface area contributed by atoms with E-state index in [9.17, 15) is 0 Å². The quantitative estimate of drug-likeness (QED) is 0.406. The lowest BCUT2D eigenvalue weighted by Gasteiger charge is -1.97. The first-order chi connectivity index (χ1) is 3.00. The van der Waals surface area contributed by atoms with E-state index in [4.69, 9.17) is 0 Å². The zero-order chi connectivity index (χ0) is 4.24. The van der Waals surface area contributed by atoms with E-state index in [-0.39, 0.29) is 8.41 Å². The summed E-state index contributed by atoms with van der Waals surface area (Å²) >= 11 is 0. The van der Waals surface area contributed by atoms with Gasteiger partial charge in [-0.3, -0.25) is 0 Å². The topological polar surface area (TPSA) is 21.3 Å². The van der Waals surface area contributed by atoms with Gasteiger partial charge in [-0.05, 0) is 12.2 Å². The van der Waals surface area contributed by atoms with Gasteiger partial charge in [-0.15, -0.1) is 0 Å². The van der Waals surface area contributed by atoms with Gasteiger partial charge in [0.05, 0.1) is 8.41 Å². The fourth-order valence-corrected chi connectivity index (χ4v) is 0.258. The molecule has 0 bridgehead atoms. The van der Waals surface area contributed by atoms with Crippen molar-refractivity contribution in [3.05, 3.63) is 24.6 Å². The molecule has 0 aromatic carbocycles. The van der Waals surface area contributed by atoms with Gasteiger partial charge < -0.3 is 4.84 Å². The first-order valence-electron chi connectivity index (χ1n) is 1.73. The van der Waals surface area contributed by atoms with Gasteiger partial charge in [0.2, 0.25) is 0 Å². The maximum Gasteiger partial charge on any atom is 0.119 e. The van der Waals surface area contributed by atoms with E-state index < -0.39 is 0 Å². The maximum atomic E-state index is 4.55. The minimum absolute atomic E-state index is 0. The van der Waals surface area contributed by atoms with Gasteiger partial charge in [0, 0.05) is 6.20 Å². The Morgan fingerprint density at radius 1 is 1.29 bits per heavy atom. The molecule has 1 N–H and O–H groups in total. The maximum absolute atomic E-state index is 4.55. The molecule has 0 fully saturated rings. The summed E-state index contributed by atoms with van der Waals surface area (Å²) < 4.78 is 0. The molecule has 0 spiro atoms. The Morgan fingerprint density at radius 3 is 2.29 bits per heavy atom. The average Bonchev–Trinajstić information content (AvgIpc) is 1.72. The Labute approximate surface area is 44.4 Å². The third-order valence-electron chi connectivity index (χ3n) is 0.490. The standard InChI is InChI=1S/C4H5NO.BH3/c1-2-4-6-5-3-1;/h1-5H;1H3. The van der Waals surface area contributed by atoms with E-state index in [0.717, 1.165) is 0 Å². The molecule has 1 rings (SSSR count). The van der Waals surface area contributed by atoms with Gasteiger partial charge in [-0.1, -0.05) is 0 Å². The van der Waals surface area contributed by atoms with Crippen molar-refractivity contribution in [2.75, 3.05) is 0 Å². The van der Waals surface area contributed by atoms with Crippen LogP contribution in [0.25, 0.3) is 0 Å². The summed E-state index contributed by atoms with van der Waals surface area (Å²) in [4.78, 5) is 4.55. The van der Waals surface area contributed by atoms with Crippen molar-refractivity contribution in [2.45, 2.75) is 0 Å². The molecule has 0 aromatic rings. The van der Waals surface area contributed by atoms with Crippen molar-refractivity contribution in [1.82, 2.24) is 5.48 Å². The smallest absolute Gasteiger partial charge is 0.119 e. The van der Waals surface area contributed by atoms with Gasteiger partial charge in [0.1, 0.15) is 6.26 Å². The fraction of sp³-hybridized carbons (Fsp3) is 0. The molecule has 0 aliphatic carbocycles. The molecule has 1 aliphatic rings. The Morgan fingerprint density at radius 2 is 2.14 bits per heavy atom. The molecule has 0 saturated heterocycles. The van der Waals surface area contributed by atoms with Crippen molar-refractivity contribution in [3.63, 3.8) is 0 Å². The number of hydrogen-bond acceptors (Lipinski definition) is 2. The number of nitrogens with one attached hydrogen (secondary N) is 1. The van der Waals surface area contributed by atoms with Crippen molar-refractivity contribution < 1.29 is 4.84 Å². The predicted molar refractivity (Wildman–Crippen MR) is 32.4 cm³/mol. The summed E-state index contributed by atoms with van der Waals surface area (Å²) in [6.07, 6.45) is 6.93. The van der Waals surface area contributed by atoms with Crippen LogP contribution in [0.4, 0.5) is 0 Å². The SMILES string of the molecule is B.C1=CNOC=C1. The second-order valence-corrected chi connectivity index (χ2v) is 0.923. The molecule has 3 heteroatoms. The van der Waals surface area contributed by atoms with Crippen molar-refractivity contribution in [3.8, 4) is 0 Å². The van der Waals surface area contributed by atoms with Crippen LogP contribution in [0.5, 0.6) is 0 Å². The molecule has 38 valence electrons. The average molecular weight is 96.9 g/mol. The Bertz CT molecular complexity index is 77.7. The highest BCUT2D eigenvalue weighted by Gasteiger charge is 1.72. The monoisotopic (exact) mass is 97.1 g/mol. The molecule has 0 unspecified atom stereocenters. The van der Waals surface area contributed by atoms with Crippen molar-refractivity contribution in [2.24, 2.45) is 0 Å². The molecule has 1 heterocycles. The van der Waals surface area contributed by atoms with E-state index >= 15 is 0 Å². The fourth-order valence-electron chi connectivity index (χ4n) is 0.258. The summed E-state index contributed by atoms with van der Waals surface area (Å²) in [6.45, 7) is 0. The Hall–Kier alpha value is -0.855. The first kappa shape index (κ1) is 6.14. The number of hydrogen-bond donors (Lipinski definition) is 1. The van der Waals surface area contributed by atoms with Gasteiger partial charge in [0.25, 0.3) is 0 Å². The summed E-state index contributed by atoms with van der Waals surface area (Å²) in [5, 5.41) is 0. The molecule has 7 heavy (non-hydrogen) atoms. The molecule has 0 saturated carbocycles. The van der Waals surface area contributed by atoms with Crippen LogP contribution >= 0.6 is 0 Å². The van der Waals surface area contributed by atoms with Crippen LogP contribution in [0.1, 0.15) is 0 Å². The molecule has 0 atom stereocenters. The minimum atomic E-state index is 0. The number of rotatable bonds is 0. The molecule has 0 amide bonds. The zero-order valence-corrected chi connectivity index (χ0v) is 3.22. The van der Waals surface area contributed by atoms with Gasteiger partial charge in [0.15, 0.2) is 0 Å². The van der Waals surface area contributed by atoms with Crippen molar-refractivity contribution in [1.29, 1.82) is 0 Å². The Balaban J connectivity index is 0.000000360. The third-order valence-corrected chi connectivity index (χ3v) is 0.490. The highest BCUT2D eigenvalue weighted by atomic mass is 16.6. The van der Waals surface area contributed by atoms with Crippen LogP contribution in [-0.4, -0.2) is 8.41 Å². The normalized spacial score (nSPS) is 13.7. The molecular formula is C4H8BNO. The lowest BCUT2D eigenvalue weighted by Crippen LogP contribution is -2.01.